The summed E-state index contributed by atoms with van der Waals surface area (Å²) in [6.07, 6.45) is 4.91. The highest BCUT2D eigenvalue weighted by atomic mass is 16.3. The Balaban J connectivity index is 1.52. The summed E-state index contributed by atoms with van der Waals surface area (Å²) in [5.41, 5.74) is 1.49. The molecule has 7 heteroatoms. The number of benzene rings is 1. The molecule has 2 aliphatic rings. The minimum absolute atomic E-state index is 0.142. The van der Waals surface area contributed by atoms with Crippen LogP contribution in [0.5, 0.6) is 0 Å². The van der Waals surface area contributed by atoms with Crippen LogP contribution in [0.15, 0.2) is 42.6 Å². The van der Waals surface area contributed by atoms with Crippen molar-refractivity contribution in [3.8, 4) is 0 Å². The fraction of sp³-hybridized carbons (Fsp3) is 0.583. The second kappa shape index (κ2) is 9.51. The van der Waals surface area contributed by atoms with Gasteiger partial charge in [0.25, 0.3) is 5.91 Å². The lowest BCUT2D eigenvalue weighted by Gasteiger charge is -2.39. The first-order chi connectivity index (χ1) is 15.0. The molecule has 1 saturated carbocycles. The van der Waals surface area contributed by atoms with Gasteiger partial charge < -0.3 is 15.3 Å². The predicted octanol–water partition coefficient (Wildman–Crippen LogP) is 1.64. The Morgan fingerprint density at radius 1 is 1.10 bits per heavy atom. The molecule has 1 aliphatic carbocycles. The Bertz CT molecular complexity index is 862. The van der Waals surface area contributed by atoms with Crippen LogP contribution in [0.4, 0.5) is 0 Å². The molecule has 0 spiro atoms. The van der Waals surface area contributed by atoms with Crippen molar-refractivity contribution in [3.05, 3.63) is 53.9 Å². The standard InChI is InChI=1S/C24H35N5O2/c1-27-14-16-29(17-15-27)21-8-11-24(12-9-22(21)30,19-6-4-3-5-7-19)18-25-23(31)20-10-13-28(2)26-20/h3-7,10,13,21-22,30H,8-9,11-12,14-18H2,1-2H3,(H,25,31)/t21-,22-,24-/m0/s1. The second-order valence-corrected chi connectivity index (χ2v) is 9.25. The third-order valence-electron chi connectivity index (χ3n) is 7.21. The van der Waals surface area contributed by atoms with Crippen LogP contribution in [0.2, 0.25) is 0 Å². The summed E-state index contributed by atoms with van der Waals surface area (Å²) in [6, 6.07) is 12.4. The van der Waals surface area contributed by atoms with Gasteiger partial charge in [-0.3, -0.25) is 14.4 Å². The minimum atomic E-state index is -0.333. The number of rotatable bonds is 5. The molecule has 1 aromatic heterocycles. The zero-order chi connectivity index (χ0) is 21.8. The van der Waals surface area contributed by atoms with Crippen LogP contribution in [-0.4, -0.2) is 82.5 Å². The van der Waals surface area contributed by atoms with Crippen molar-refractivity contribution >= 4 is 5.91 Å². The van der Waals surface area contributed by atoms with E-state index >= 15 is 0 Å². The van der Waals surface area contributed by atoms with Gasteiger partial charge in [0.05, 0.1) is 6.10 Å². The van der Waals surface area contributed by atoms with Crippen molar-refractivity contribution in [2.24, 2.45) is 7.05 Å². The number of aliphatic hydroxyl groups is 1. The first-order valence-electron chi connectivity index (χ1n) is 11.4. The zero-order valence-electron chi connectivity index (χ0n) is 18.7. The lowest BCUT2D eigenvalue weighted by atomic mass is 9.74. The van der Waals surface area contributed by atoms with Crippen LogP contribution in [0.25, 0.3) is 0 Å². The van der Waals surface area contributed by atoms with Gasteiger partial charge in [0.2, 0.25) is 0 Å². The molecule has 2 aromatic rings. The van der Waals surface area contributed by atoms with Gasteiger partial charge in [-0.25, -0.2) is 0 Å². The van der Waals surface area contributed by atoms with Gasteiger partial charge in [-0.1, -0.05) is 30.3 Å². The van der Waals surface area contributed by atoms with Crippen molar-refractivity contribution in [1.29, 1.82) is 0 Å². The highest BCUT2D eigenvalue weighted by Gasteiger charge is 2.40. The first kappa shape index (κ1) is 22.0. The molecule has 2 heterocycles. The molecule has 7 nitrogen and oxygen atoms in total. The van der Waals surface area contributed by atoms with E-state index in [1.807, 2.05) is 13.1 Å². The lowest BCUT2D eigenvalue weighted by molar-refractivity contribution is 0.0200. The SMILES string of the molecule is CN1CCN([C@H]2CC[C@](CNC(=O)c3ccn(C)n3)(c3ccccc3)CC[C@@H]2O)CC1. The molecule has 168 valence electrons. The second-order valence-electron chi connectivity index (χ2n) is 9.25. The molecular weight excluding hydrogens is 390 g/mol. The van der Waals surface area contributed by atoms with Crippen LogP contribution in [0.1, 0.15) is 41.7 Å². The molecule has 1 amide bonds. The summed E-state index contributed by atoms with van der Waals surface area (Å²) < 4.78 is 1.64. The first-order valence-corrected chi connectivity index (χ1v) is 11.4. The Morgan fingerprint density at radius 2 is 1.81 bits per heavy atom. The Hall–Kier alpha value is -2.22. The molecule has 0 unspecified atom stereocenters. The summed E-state index contributed by atoms with van der Waals surface area (Å²) in [7, 11) is 3.97. The van der Waals surface area contributed by atoms with Crippen molar-refractivity contribution in [2.75, 3.05) is 39.8 Å². The van der Waals surface area contributed by atoms with E-state index in [0.717, 1.165) is 51.9 Å². The molecule has 0 radical (unpaired) electrons. The number of nitrogens with one attached hydrogen (secondary N) is 1. The number of carbonyl (C=O) groups is 1. The number of nitrogens with zero attached hydrogens (tertiary/aromatic N) is 4. The quantitative estimate of drug-likeness (QED) is 0.713. The van der Waals surface area contributed by atoms with Crippen molar-refractivity contribution in [1.82, 2.24) is 24.9 Å². The maximum absolute atomic E-state index is 12.7. The predicted molar refractivity (Wildman–Crippen MR) is 121 cm³/mol. The smallest absolute Gasteiger partial charge is 0.271 e. The Kier molecular flexibility index (Phi) is 6.74. The largest absolute Gasteiger partial charge is 0.391 e. The molecule has 4 rings (SSSR count). The Labute approximate surface area is 185 Å². The van der Waals surface area contributed by atoms with E-state index in [9.17, 15) is 9.90 Å². The van der Waals surface area contributed by atoms with Crippen LogP contribution >= 0.6 is 0 Å². The van der Waals surface area contributed by atoms with Gasteiger partial charge in [0.15, 0.2) is 0 Å². The van der Waals surface area contributed by atoms with E-state index in [0.29, 0.717) is 12.2 Å². The van der Waals surface area contributed by atoms with E-state index in [2.05, 4.69) is 51.5 Å². The topological polar surface area (TPSA) is 73.6 Å². The van der Waals surface area contributed by atoms with E-state index < -0.39 is 0 Å². The summed E-state index contributed by atoms with van der Waals surface area (Å²) >= 11 is 0. The monoisotopic (exact) mass is 425 g/mol. The molecule has 2 N–H and O–H groups in total. The summed E-state index contributed by atoms with van der Waals surface area (Å²) in [5, 5.41) is 18.4. The van der Waals surface area contributed by atoms with E-state index in [1.165, 1.54) is 5.56 Å². The number of aryl methyl sites for hydroxylation is 1. The normalized spacial score (nSPS) is 28.2. The molecule has 1 aliphatic heterocycles. The third kappa shape index (κ3) is 5.00. The van der Waals surface area contributed by atoms with Crippen LogP contribution in [0.3, 0.4) is 0 Å². The van der Waals surface area contributed by atoms with Crippen LogP contribution in [-0.2, 0) is 12.5 Å². The van der Waals surface area contributed by atoms with E-state index in [1.54, 1.807) is 16.9 Å². The number of aliphatic hydroxyl groups excluding tert-OH is 1. The molecule has 1 aromatic carbocycles. The number of hydrogen-bond donors (Lipinski definition) is 2. The highest BCUT2D eigenvalue weighted by Crippen LogP contribution is 2.39. The highest BCUT2D eigenvalue weighted by molar-refractivity contribution is 5.92. The van der Waals surface area contributed by atoms with E-state index in [-0.39, 0.29) is 23.5 Å². The van der Waals surface area contributed by atoms with Crippen LogP contribution < -0.4 is 5.32 Å². The summed E-state index contributed by atoms with van der Waals surface area (Å²) in [5.74, 6) is -0.142. The van der Waals surface area contributed by atoms with Gasteiger partial charge in [0, 0.05) is 57.4 Å². The van der Waals surface area contributed by atoms with Crippen molar-refractivity contribution in [2.45, 2.75) is 43.2 Å². The maximum atomic E-state index is 12.7. The number of piperazine rings is 1. The number of hydrogen-bond acceptors (Lipinski definition) is 5. The van der Waals surface area contributed by atoms with Gasteiger partial charge in [-0.2, -0.15) is 5.10 Å². The number of carbonyl (C=O) groups excluding carboxylic acids is 1. The Morgan fingerprint density at radius 3 is 2.48 bits per heavy atom. The minimum Gasteiger partial charge on any atom is -0.391 e. The fourth-order valence-corrected chi connectivity index (χ4v) is 5.17. The van der Waals surface area contributed by atoms with Gasteiger partial charge in [-0.15, -0.1) is 0 Å². The molecule has 3 atom stereocenters. The molecular formula is C24H35N5O2. The lowest BCUT2D eigenvalue weighted by Crippen LogP contribution is -2.52. The number of likely N-dealkylation sites (N-methyl/N-ethyl adjacent to an activating group) is 1. The van der Waals surface area contributed by atoms with Gasteiger partial charge >= 0.3 is 0 Å². The van der Waals surface area contributed by atoms with Gasteiger partial charge in [0.1, 0.15) is 5.69 Å². The number of amides is 1. The fourth-order valence-electron chi connectivity index (χ4n) is 5.17. The van der Waals surface area contributed by atoms with E-state index in [4.69, 9.17) is 0 Å². The molecule has 0 bridgehead atoms. The molecule has 1 saturated heterocycles. The third-order valence-corrected chi connectivity index (χ3v) is 7.21. The summed E-state index contributed by atoms with van der Waals surface area (Å²) in [4.78, 5) is 17.5. The average molecular weight is 426 g/mol. The van der Waals surface area contributed by atoms with Crippen molar-refractivity contribution < 1.29 is 9.90 Å². The van der Waals surface area contributed by atoms with Crippen molar-refractivity contribution in [3.63, 3.8) is 0 Å². The zero-order valence-corrected chi connectivity index (χ0v) is 18.7. The summed E-state index contributed by atoms with van der Waals surface area (Å²) in [6.45, 7) is 4.66. The number of aromatic nitrogens is 2. The molecule has 31 heavy (non-hydrogen) atoms. The average Bonchev–Trinajstić information content (AvgIpc) is 3.15. The van der Waals surface area contributed by atoms with Gasteiger partial charge in [-0.05, 0) is 44.4 Å². The van der Waals surface area contributed by atoms with Crippen LogP contribution in [0, 0.1) is 0 Å². The maximum Gasteiger partial charge on any atom is 0.271 e. The molecule has 2 fully saturated rings.